The van der Waals surface area contributed by atoms with E-state index in [0.29, 0.717) is 16.3 Å². The van der Waals surface area contributed by atoms with Crippen molar-refractivity contribution in [2.24, 2.45) is 23.7 Å². The molecule has 0 spiro atoms. The lowest BCUT2D eigenvalue weighted by Gasteiger charge is -2.54. The van der Waals surface area contributed by atoms with Gasteiger partial charge in [0.25, 0.3) is 0 Å². The molecule has 0 aromatic heterocycles. The van der Waals surface area contributed by atoms with E-state index in [4.69, 9.17) is 0 Å². The molecule has 0 unspecified atom stereocenters. The quantitative estimate of drug-likeness (QED) is 0.792. The number of urea groups is 1. The molecular weight excluding hydrogens is 347 g/mol. The molecule has 4 aliphatic carbocycles. The van der Waals surface area contributed by atoms with Crippen LogP contribution in [-0.4, -0.2) is 12.1 Å². The molecule has 0 radical (unpaired) electrons. The van der Waals surface area contributed by atoms with Gasteiger partial charge in [-0.3, -0.25) is 0 Å². The van der Waals surface area contributed by atoms with E-state index in [1.54, 1.807) is 12.1 Å². The summed E-state index contributed by atoms with van der Waals surface area (Å²) >= 11 is 3.22. The van der Waals surface area contributed by atoms with Gasteiger partial charge in [0.15, 0.2) is 0 Å². The molecule has 0 aliphatic heterocycles. The third kappa shape index (κ3) is 2.64. The Morgan fingerprint density at radius 1 is 1.09 bits per heavy atom. The molecule has 4 fully saturated rings. The minimum atomic E-state index is -0.422. The third-order valence-electron chi connectivity index (χ3n) is 5.70. The summed E-state index contributed by atoms with van der Waals surface area (Å²) in [5, 5.41) is 5.77. The predicted molar refractivity (Wildman–Crippen MR) is 87.1 cm³/mol. The van der Waals surface area contributed by atoms with Gasteiger partial charge >= 0.3 is 6.03 Å². The number of hydrogen-bond donors (Lipinski definition) is 2. The highest BCUT2D eigenvalue weighted by atomic mass is 79.9. The first-order chi connectivity index (χ1) is 10.6. The van der Waals surface area contributed by atoms with Gasteiger partial charge in [-0.25, -0.2) is 9.18 Å². The van der Waals surface area contributed by atoms with Crippen LogP contribution in [0.5, 0.6) is 0 Å². The van der Waals surface area contributed by atoms with Crippen molar-refractivity contribution in [3.63, 3.8) is 0 Å². The van der Waals surface area contributed by atoms with Crippen LogP contribution >= 0.6 is 15.9 Å². The summed E-state index contributed by atoms with van der Waals surface area (Å²) in [5.41, 5.74) is 0.226. The molecule has 5 heteroatoms. The van der Waals surface area contributed by atoms with Crippen LogP contribution in [0.2, 0.25) is 0 Å². The van der Waals surface area contributed by atoms with Crippen molar-refractivity contribution in [1.29, 1.82) is 0 Å². The maximum Gasteiger partial charge on any atom is 0.319 e. The molecule has 5 rings (SSSR count). The Morgan fingerprint density at radius 2 is 1.73 bits per heavy atom. The van der Waals surface area contributed by atoms with Crippen LogP contribution in [0.25, 0.3) is 0 Å². The van der Waals surface area contributed by atoms with Gasteiger partial charge in [-0.2, -0.15) is 0 Å². The van der Waals surface area contributed by atoms with E-state index in [0.717, 1.165) is 11.8 Å². The van der Waals surface area contributed by atoms with Crippen LogP contribution in [0.4, 0.5) is 14.9 Å². The highest BCUT2D eigenvalue weighted by Gasteiger charge is 2.48. The first kappa shape index (κ1) is 14.5. The number of amides is 2. The van der Waals surface area contributed by atoms with Crippen molar-refractivity contribution >= 4 is 27.6 Å². The molecule has 2 amide bonds. The molecular formula is C17H20BrFN2O. The first-order valence-electron chi connectivity index (χ1n) is 8.11. The first-order valence-corrected chi connectivity index (χ1v) is 8.90. The number of benzene rings is 1. The van der Waals surface area contributed by atoms with Crippen LogP contribution in [0.3, 0.4) is 0 Å². The van der Waals surface area contributed by atoms with Gasteiger partial charge in [-0.05, 0) is 74.0 Å². The molecule has 3 nitrogen and oxygen atoms in total. The smallest absolute Gasteiger partial charge is 0.319 e. The van der Waals surface area contributed by atoms with Crippen molar-refractivity contribution in [3.05, 3.63) is 28.5 Å². The molecule has 1 aromatic carbocycles. The van der Waals surface area contributed by atoms with Gasteiger partial charge in [0.2, 0.25) is 0 Å². The van der Waals surface area contributed by atoms with Gasteiger partial charge < -0.3 is 10.6 Å². The summed E-state index contributed by atoms with van der Waals surface area (Å²) < 4.78 is 14.5. The summed E-state index contributed by atoms with van der Waals surface area (Å²) in [6, 6.07) is 4.65. The standard InChI is InChI=1S/C17H20BrFN2O/c18-13-1-2-15(14(19)8-13)20-17(22)21-16-11-4-9-3-10(6-11)7-12(16)5-9/h1-2,8-12,16H,3-7H2,(H2,20,21,22). The van der Waals surface area contributed by atoms with E-state index < -0.39 is 5.82 Å². The zero-order chi connectivity index (χ0) is 15.3. The van der Waals surface area contributed by atoms with Crippen molar-refractivity contribution < 1.29 is 9.18 Å². The molecule has 1 aromatic rings. The Balaban J connectivity index is 1.42. The Bertz CT molecular complexity index is 578. The van der Waals surface area contributed by atoms with Crippen LogP contribution < -0.4 is 10.6 Å². The summed E-state index contributed by atoms with van der Waals surface area (Å²) in [5.74, 6) is 2.59. The summed E-state index contributed by atoms with van der Waals surface area (Å²) in [6.45, 7) is 0. The molecule has 118 valence electrons. The lowest BCUT2D eigenvalue weighted by atomic mass is 9.54. The topological polar surface area (TPSA) is 41.1 Å². The Morgan fingerprint density at radius 3 is 2.32 bits per heavy atom. The fourth-order valence-corrected chi connectivity index (χ4v) is 5.39. The molecule has 0 saturated heterocycles. The van der Waals surface area contributed by atoms with Crippen LogP contribution in [0.15, 0.2) is 22.7 Å². The Kier molecular flexibility index (Phi) is 3.63. The molecule has 22 heavy (non-hydrogen) atoms. The van der Waals surface area contributed by atoms with Crippen molar-refractivity contribution in [2.45, 2.75) is 38.1 Å². The average Bonchev–Trinajstić information content (AvgIpc) is 2.45. The minimum Gasteiger partial charge on any atom is -0.335 e. The Hall–Kier alpha value is -1.10. The van der Waals surface area contributed by atoms with Crippen LogP contribution in [0.1, 0.15) is 32.1 Å². The zero-order valence-corrected chi connectivity index (χ0v) is 13.9. The van der Waals surface area contributed by atoms with Crippen LogP contribution in [0, 0.1) is 29.5 Å². The number of halogens is 2. The number of anilines is 1. The lowest BCUT2D eigenvalue weighted by Crippen LogP contribution is -2.56. The fraction of sp³-hybridized carbons (Fsp3) is 0.588. The van der Waals surface area contributed by atoms with Crippen molar-refractivity contribution in [2.75, 3.05) is 5.32 Å². The van der Waals surface area contributed by atoms with E-state index in [9.17, 15) is 9.18 Å². The second-order valence-electron chi connectivity index (χ2n) is 7.18. The van der Waals surface area contributed by atoms with Crippen molar-refractivity contribution in [1.82, 2.24) is 5.32 Å². The number of rotatable bonds is 2. The maximum atomic E-state index is 13.8. The fourth-order valence-electron chi connectivity index (χ4n) is 5.06. The third-order valence-corrected chi connectivity index (χ3v) is 6.20. The highest BCUT2D eigenvalue weighted by molar-refractivity contribution is 9.10. The van der Waals surface area contributed by atoms with E-state index in [2.05, 4.69) is 26.6 Å². The predicted octanol–water partition coefficient (Wildman–Crippen LogP) is 4.53. The minimum absolute atomic E-state index is 0.226. The summed E-state index contributed by atoms with van der Waals surface area (Å²) in [4.78, 5) is 12.2. The van der Waals surface area contributed by atoms with Gasteiger partial charge in [-0.1, -0.05) is 15.9 Å². The van der Waals surface area contributed by atoms with E-state index in [1.165, 1.54) is 38.2 Å². The van der Waals surface area contributed by atoms with Gasteiger partial charge in [0, 0.05) is 10.5 Å². The van der Waals surface area contributed by atoms with Gasteiger partial charge in [-0.15, -0.1) is 0 Å². The second kappa shape index (κ2) is 5.52. The normalized spacial score (nSPS) is 35.5. The molecule has 4 aliphatic rings. The molecule has 0 heterocycles. The molecule has 2 N–H and O–H groups in total. The molecule has 4 saturated carbocycles. The van der Waals surface area contributed by atoms with E-state index >= 15 is 0 Å². The summed E-state index contributed by atoms with van der Waals surface area (Å²) in [6.07, 6.45) is 6.42. The SMILES string of the molecule is O=C(Nc1ccc(Br)cc1F)NC1C2CC3CC(C2)CC1C3. The van der Waals surface area contributed by atoms with Gasteiger partial charge in [0.05, 0.1) is 5.69 Å². The lowest BCUT2D eigenvalue weighted by molar-refractivity contribution is -0.00883. The second-order valence-corrected chi connectivity index (χ2v) is 8.09. The van der Waals surface area contributed by atoms with Crippen molar-refractivity contribution in [3.8, 4) is 0 Å². The van der Waals surface area contributed by atoms with E-state index in [-0.39, 0.29) is 17.8 Å². The molecule has 4 bridgehead atoms. The monoisotopic (exact) mass is 366 g/mol. The van der Waals surface area contributed by atoms with Gasteiger partial charge in [0.1, 0.15) is 5.82 Å². The summed E-state index contributed by atoms with van der Waals surface area (Å²) in [7, 11) is 0. The van der Waals surface area contributed by atoms with Crippen LogP contribution in [-0.2, 0) is 0 Å². The largest absolute Gasteiger partial charge is 0.335 e. The number of nitrogens with one attached hydrogen (secondary N) is 2. The number of carbonyl (C=O) groups is 1. The Labute approximate surface area is 138 Å². The number of carbonyl (C=O) groups excluding carboxylic acids is 1. The highest BCUT2D eigenvalue weighted by Crippen LogP contribution is 2.53. The number of hydrogen-bond acceptors (Lipinski definition) is 1. The molecule has 0 atom stereocenters. The average molecular weight is 367 g/mol. The maximum absolute atomic E-state index is 13.8. The zero-order valence-electron chi connectivity index (χ0n) is 12.3. The van der Waals surface area contributed by atoms with E-state index in [1.807, 2.05) is 0 Å².